The number of allylic oxidation sites excluding steroid dienone is 1. The highest BCUT2D eigenvalue weighted by Crippen LogP contribution is 2.29. The van der Waals surface area contributed by atoms with Gasteiger partial charge in [-0.1, -0.05) is 12.1 Å². The van der Waals surface area contributed by atoms with E-state index in [1.165, 1.54) is 4.58 Å². The number of hydrogen-bond donors (Lipinski definition) is 2. The van der Waals surface area contributed by atoms with Gasteiger partial charge in [0.05, 0.1) is 19.6 Å². The van der Waals surface area contributed by atoms with E-state index >= 15 is 0 Å². The van der Waals surface area contributed by atoms with Crippen LogP contribution in [0.4, 0.5) is 20.2 Å². The van der Waals surface area contributed by atoms with E-state index in [9.17, 15) is 13.6 Å². The lowest BCUT2D eigenvalue weighted by atomic mass is 10.0. The molecule has 1 amide bonds. The van der Waals surface area contributed by atoms with Crippen LogP contribution in [0.25, 0.3) is 5.57 Å². The highest BCUT2D eigenvalue weighted by Gasteiger charge is 2.36. The minimum absolute atomic E-state index is 0.159. The Labute approximate surface area is 169 Å². The first-order valence-electron chi connectivity index (χ1n) is 9.62. The Balaban J connectivity index is 1.97. The van der Waals surface area contributed by atoms with Gasteiger partial charge in [-0.25, -0.2) is 13.6 Å². The summed E-state index contributed by atoms with van der Waals surface area (Å²) in [6.07, 6.45) is 1.61. The Kier molecular flexibility index (Phi) is 6.39. The predicted octanol–water partition coefficient (Wildman–Crippen LogP) is 1.87. The van der Waals surface area contributed by atoms with Gasteiger partial charge in [0, 0.05) is 38.0 Å². The standard InChI is InChI=1S/C22H24F2N4O/c1-4-25-9-10-26-20-14-28(19-12-16(23)11-17(24)13-19)22(29)21(20)15-5-7-18(8-6-15)27(2)3/h5-8,11-14,25H,4,9-10H2,1-3H3/p+2. The summed E-state index contributed by atoms with van der Waals surface area (Å²) in [5, 5.41) is 5.44. The summed E-state index contributed by atoms with van der Waals surface area (Å²) in [4.78, 5) is 15.2. The molecule has 0 spiro atoms. The predicted molar refractivity (Wildman–Crippen MR) is 110 cm³/mol. The first-order chi connectivity index (χ1) is 13.9. The number of benzene rings is 2. The van der Waals surface area contributed by atoms with Gasteiger partial charge in [-0.05, 0) is 24.6 Å². The van der Waals surface area contributed by atoms with Crippen LogP contribution in [0.2, 0.25) is 0 Å². The molecule has 5 nitrogen and oxygen atoms in total. The van der Waals surface area contributed by atoms with Crippen LogP contribution in [-0.2, 0) is 4.79 Å². The van der Waals surface area contributed by atoms with Crippen LogP contribution in [0.15, 0.2) is 48.2 Å². The fraction of sp³-hybridized carbons (Fsp3) is 0.273. The number of halogens is 2. The zero-order valence-electron chi connectivity index (χ0n) is 16.9. The van der Waals surface area contributed by atoms with Crippen LogP contribution >= 0.6 is 0 Å². The molecule has 1 aliphatic heterocycles. The van der Waals surface area contributed by atoms with Crippen LogP contribution in [0.1, 0.15) is 12.5 Å². The lowest BCUT2D eigenvalue weighted by Crippen LogP contribution is -2.85. The Hall–Kier alpha value is -3.06. The fourth-order valence-corrected chi connectivity index (χ4v) is 3.21. The molecule has 3 rings (SSSR count). The first-order valence-corrected chi connectivity index (χ1v) is 9.62. The molecule has 0 bridgehead atoms. The number of rotatable bonds is 8. The van der Waals surface area contributed by atoms with Crippen molar-refractivity contribution in [1.29, 1.82) is 0 Å². The number of hydrogen-bond acceptors (Lipinski definition) is 3. The van der Waals surface area contributed by atoms with Crippen molar-refractivity contribution in [3.05, 3.63) is 65.4 Å². The van der Waals surface area contributed by atoms with E-state index in [4.69, 9.17) is 0 Å². The number of amides is 1. The monoisotopic (exact) mass is 400 g/mol. The Bertz CT molecular complexity index is 945. The van der Waals surface area contributed by atoms with Gasteiger partial charge in [0.2, 0.25) is 11.9 Å². The van der Waals surface area contributed by atoms with E-state index in [0.29, 0.717) is 17.8 Å². The molecule has 3 N–H and O–H groups in total. The SMILES string of the molecule is CC[NH2+]CCNC1=C(c2ccc(N(C)C)cc2)C(=O)[N+](c2cc(F)cc(F)c2)=C1. The molecule has 2 aromatic rings. The van der Waals surface area contributed by atoms with Gasteiger partial charge >= 0.3 is 5.91 Å². The van der Waals surface area contributed by atoms with E-state index in [1.807, 2.05) is 43.3 Å². The largest absolute Gasteiger partial charge is 0.428 e. The van der Waals surface area contributed by atoms with Crippen LogP contribution in [-0.4, -0.2) is 50.4 Å². The summed E-state index contributed by atoms with van der Waals surface area (Å²) in [5.41, 5.74) is 3.04. The van der Waals surface area contributed by atoms with Crippen molar-refractivity contribution in [3.8, 4) is 0 Å². The molecule has 0 fully saturated rings. The van der Waals surface area contributed by atoms with Gasteiger partial charge in [0.25, 0.3) is 0 Å². The van der Waals surface area contributed by atoms with E-state index in [-0.39, 0.29) is 11.6 Å². The van der Waals surface area contributed by atoms with Gasteiger partial charge in [0.1, 0.15) is 22.9 Å². The Morgan fingerprint density at radius 1 is 1.07 bits per heavy atom. The van der Waals surface area contributed by atoms with Crippen molar-refractivity contribution in [1.82, 2.24) is 5.32 Å². The molecule has 7 heteroatoms. The molecule has 0 atom stereocenters. The summed E-state index contributed by atoms with van der Waals surface area (Å²) in [6.45, 7) is 4.56. The number of nitrogens with one attached hydrogen (secondary N) is 1. The summed E-state index contributed by atoms with van der Waals surface area (Å²) >= 11 is 0. The minimum atomic E-state index is -0.725. The number of carbonyl (C=O) groups excluding carboxylic acids is 1. The molecule has 0 unspecified atom stereocenters. The summed E-state index contributed by atoms with van der Waals surface area (Å²) in [6, 6.07) is 10.7. The third kappa shape index (κ3) is 4.68. The average molecular weight is 400 g/mol. The molecule has 2 aromatic carbocycles. The molecule has 0 saturated carbocycles. The van der Waals surface area contributed by atoms with Crippen molar-refractivity contribution in [2.75, 3.05) is 38.6 Å². The average Bonchev–Trinajstić information content (AvgIpc) is 3.01. The van der Waals surface area contributed by atoms with Crippen LogP contribution in [0, 0.1) is 11.6 Å². The van der Waals surface area contributed by atoms with E-state index in [2.05, 4.69) is 17.6 Å². The van der Waals surface area contributed by atoms with Gasteiger partial charge in [0.15, 0.2) is 0 Å². The second kappa shape index (κ2) is 8.96. The molecule has 0 aliphatic carbocycles. The Morgan fingerprint density at radius 2 is 1.72 bits per heavy atom. The number of carbonyl (C=O) groups is 1. The maximum atomic E-state index is 13.7. The Morgan fingerprint density at radius 3 is 2.31 bits per heavy atom. The second-order valence-electron chi connectivity index (χ2n) is 7.07. The van der Waals surface area contributed by atoms with Gasteiger partial charge < -0.3 is 15.5 Å². The van der Waals surface area contributed by atoms with E-state index < -0.39 is 11.6 Å². The molecule has 29 heavy (non-hydrogen) atoms. The van der Waals surface area contributed by atoms with Crippen molar-refractivity contribution < 1.29 is 23.5 Å². The zero-order chi connectivity index (χ0) is 21.0. The maximum absolute atomic E-state index is 13.7. The van der Waals surface area contributed by atoms with E-state index in [0.717, 1.165) is 42.5 Å². The molecule has 1 heterocycles. The zero-order valence-corrected chi connectivity index (χ0v) is 16.9. The summed E-state index contributed by atoms with van der Waals surface area (Å²) in [7, 11) is 3.89. The van der Waals surface area contributed by atoms with Gasteiger partial charge in [-0.3, -0.25) is 0 Å². The molecule has 152 valence electrons. The van der Waals surface area contributed by atoms with Crippen molar-refractivity contribution in [3.63, 3.8) is 0 Å². The third-order valence-corrected chi connectivity index (χ3v) is 4.71. The number of quaternary nitrogens is 1. The summed E-state index contributed by atoms with van der Waals surface area (Å²) < 4.78 is 28.7. The molecular formula is C22H26F2N4O+2. The van der Waals surface area contributed by atoms with Crippen molar-refractivity contribution in [2.24, 2.45) is 0 Å². The molecule has 0 radical (unpaired) electrons. The third-order valence-electron chi connectivity index (χ3n) is 4.71. The molecule has 0 aromatic heterocycles. The van der Waals surface area contributed by atoms with Gasteiger partial charge in [-0.15, -0.1) is 4.58 Å². The molecule has 0 saturated heterocycles. The lowest BCUT2D eigenvalue weighted by molar-refractivity contribution is -0.649. The number of nitrogens with two attached hydrogens (primary N) is 1. The normalized spacial score (nSPS) is 13.7. The van der Waals surface area contributed by atoms with Crippen LogP contribution in [0.3, 0.4) is 0 Å². The summed E-state index contributed by atoms with van der Waals surface area (Å²) in [5.74, 6) is -1.77. The highest BCUT2D eigenvalue weighted by molar-refractivity contribution is 6.25. The molecular weight excluding hydrogens is 374 g/mol. The lowest BCUT2D eigenvalue weighted by Gasteiger charge is -2.12. The molecule has 1 aliphatic rings. The van der Waals surface area contributed by atoms with Gasteiger partial charge in [-0.2, -0.15) is 0 Å². The quantitative estimate of drug-likeness (QED) is 0.526. The first kappa shape index (κ1) is 20.7. The van der Waals surface area contributed by atoms with Crippen LogP contribution in [0.5, 0.6) is 0 Å². The smallest absolute Gasteiger partial charge is 0.378 e. The second-order valence-corrected chi connectivity index (χ2v) is 7.07. The maximum Gasteiger partial charge on any atom is 0.428 e. The fourth-order valence-electron chi connectivity index (χ4n) is 3.21. The topological polar surface area (TPSA) is 52.0 Å². The van der Waals surface area contributed by atoms with Crippen LogP contribution < -0.4 is 15.5 Å². The van der Waals surface area contributed by atoms with Crippen molar-refractivity contribution in [2.45, 2.75) is 6.92 Å². The van der Waals surface area contributed by atoms with E-state index in [1.54, 1.807) is 6.21 Å². The van der Waals surface area contributed by atoms with Crippen molar-refractivity contribution >= 4 is 29.1 Å². The number of nitrogens with zero attached hydrogens (tertiary/aromatic N) is 2. The highest BCUT2D eigenvalue weighted by atomic mass is 19.1. The number of anilines is 1. The number of likely N-dealkylation sites (N-methyl/N-ethyl adjacent to an activating group) is 1. The minimum Gasteiger partial charge on any atom is -0.378 e.